The van der Waals surface area contributed by atoms with Crippen LogP contribution in [0.4, 0.5) is 46.0 Å². The van der Waals surface area contributed by atoms with Crippen molar-refractivity contribution in [3.05, 3.63) is 181 Å². The van der Waals surface area contributed by atoms with E-state index < -0.39 is 6.48 Å². The number of aryl methyl sites for hydroxylation is 4. The van der Waals surface area contributed by atoms with Crippen LogP contribution in [-0.4, -0.2) is 69.2 Å². The normalized spacial score (nSPS) is 12.4. The molecule has 1 atom stereocenters. The predicted octanol–water partition coefficient (Wildman–Crippen LogP) is 4.36. The fraction of sp³-hybridized carbons (Fsp3) is 0.250. The van der Waals surface area contributed by atoms with E-state index >= 15 is 0 Å². The third-order valence-corrected chi connectivity index (χ3v) is 11.3. The van der Waals surface area contributed by atoms with Crippen LogP contribution in [0.1, 0.15) is 49.9 Å². The number of pyridine rings is 2. The third kappa shape index (κ3) is 14.2. The lowest BCUT2D eigenvalue weighted by atomic mass is 9.95. The number of anilines is 4. The highest BCUT2D eigenvalue weighted by atomic mass is 35.5. The first-order chi connectivity index (χ1) is 34.2. The minimum atomic E-state index is -0.472. The minimum Gasteiger partial charge on any atom is -1.00 e. The van der Waals surface area contributed by atoms with Crippen LogP contribution >= 0.6 is 0 Å². The Bertz CT molecular complexity index is 2810. The summed E-state index contributed by atoms with van der Waals surface area (Å²) in [5.74, 6) is 3.29. The van der Waals surface area contributed by atoms with Gasteiger partial charge in [-0.25, -0.2) is 9.97 Å². The summed E-state index contributed by atoms with van der Waals surface area (Å²) in [4.78, 5) is 31.0. The maximum absolute atomic E-state index is 6.28. The first kappa shape index (κ1) is 56.2. The standard InChI is InChI=1S/C26H25N5O.C23H21N5.C7H16O3.2ClH/c1-4-32-26-30(21-8-6-5-7-9-21)24-25(29-15-14-28-24)31(26)22-16-18(2)23(19(3)17-22)20-10-12-27-13-11-20;1-16-14-20(15-17(2)21(16)18-8-10-24-11-9-18)28-23-22(25-12-13-26-23)27-19-6-4-3-5-7-19;1-4-8-7(9-5-2)10-6-3;;/h5-17,26H,4H2,1-3H3;3-15H,1-2H3,(H,25,27)(H,26,28);7H,4-6H2,1-3H3;2*1H. The molecule has 0 saturated carbocycles. The van der Waals surface area contributed by atoms with Crippen molar-refractivity contribution >= 4 is 46.0 Å². The van der Waals surface area contributed by atoms with Gasteiger partial charge in [0.15, 0.2) is 11.6 Å². The Hall–Kier alpha value is -6.72. The number of rotatable bonds is 16. The molecule has 4 aromatic carbocycles. The van der Waals surface area contributed by atoms with E-state index in [1.165, 1.54) is 38.9 Å². The largest absolute Gasteiger partial charge is 1.00 e. The van der Waals surface area contributed by atoms with Crippen LogP contribution in [0.2, 0.25) is 0 Å². The van der Waals surface area contributed by atoms with Crippen LogP contribution in [0.25, 0.3) is 22.3 Å². The maximum atomic E-state index is 6.28. The molecule has 9 rings (SSSR count). The molecule has 4 N–H and O–H groups in total. The summed E-state index contributed by atoms with van der Waals surface area (Å²) < 4.78 is 21.5. The topological polar surface area (TPSA) is 154 Å². The molecule has 0 radical (unpaired) electrons. The van der Waals surface area contributed by atoms with E-state index in [1.807, 2.05) is 113 Å². The molecule has 16 heteroatoms. The number of hydrogen-bond acceptors (Lipinski definition) is 12. The van der Waals surface area contributed by atoms with Gasteiger partial charge in [0.05, 0.1) is 12.4 Å². The molecular formula is C56H64Cl2N10O4. The van der Waals surface area contributed by atoms with Crippen molar-refractivity contribution in [3.8, 4) is 22.3 Å². The lowest BCUT2D eigenvalue weighted by Crippen LogP contribution is -3.00. The Kier molecular flexibility index (Phi) is 22.1. The van der Waals surface area contributed by atoms with Crippen LogP contribution < -0.4 is 45.2 Å². The number of hydrogen-bond donors (Lipinski definition) is 2. The summed E-state index contributed by atoms with van der Waals surface area (Å²) in [5.41, 5.74) is 13.9. The third-order valence-electron chi connectivity index (χ3n) is 11.3. The van der Waals surface area contributed by atoms with Crippen molar-refractivity contribution in [3.63, 3.8) is 0 Å². The maximum Gasteiger partial charge on any atom is 0.313 e. The number of aromatic nitrogens is 6. The zero-order valence-electron chi connectivity index (χ0n) is 42.1. The zero-order chi connectivity index (χ0) is 49.2. The molecule has 1 unspecified atom stereocenters. The number of benzene rings is 4. The van der Waals surface area contributed by atoms with Gasteiger partial charge in [0, 0.05) is 87.1 Å². The second kappa shape index (κ2) is 28.4. The Balaban J connectivity index is 0.000000222. The second-order valence-electron chi connectivity index (χ2n) is 16.2. The van der Waals surface area contributed by atoms with Gasteiger partial charge in [-0.15, -0.1) is 0 Å². The van der Waals surface area contributed by atoms with Crippen molar-refractivity contribution in [1.82, 2.24) is 29.9 Å². The number of para-hydroxylation sites is 2. The number of nitrogens with zero attached hydrogens (tertiary/aromatic N) is 8. The first-order valence-corrected chi connectivity index (χ1v) is 23.7. The smallest absolute Gasteiger partial charge is 0.313 e. The average molecular weight is 1010 g/mol. The molecule has 0 spiro atoms. The number of nitrogens with two attached hydrogens (primary N) is 2. The SMILES string of the molecule is CCOC(OCC)OCC.CCOC1N(c2ccccc2)c2nccnc2N1c1cc(C)c(-c2ccncc2)c(C)c1.Cc1cc([NH2+]c2nccnc2[NH2+]c2ccccc2)cc(C)c1-c1ccncc1.[Cl-].[Cl-]. The van der Waals surface area contributed by atoms with Gasteiger partial charge in [-0.1, -0.05) is 36.4 Å². The van der Waals surface area contributed by atoms with E-state index in [0.29, 0.717) is 26.4 Å². The van der Waals surface area contributed by atoms with Crippen LogP contribution in [0.15, 0.2) is 159 Å². The summed E-state index contributed by atoms with van der Waals surface area (Å²) in [6.07, 6.45) is 13.9. The van der Waals surface area contributed by atoms with Crippen LogP contribution in [-0.2, 0) is 18.9 Å². The molecule has 8 aromatic rings. The van der Waals surface area contributed by atoms with Crippen molar-refractivity contribution in [2.75, 3.05) is 36.2 Å². The number of quaternary nitrogens is 2. The monoisotopic (exact) mass is 1010 g/mol. The highest BCUT2D eigenvalue weighted by molar-refractivity contribution is 5.84. The van der Waals surface area contributed by atoms with Crippen molar-refractivity contribution in [2.45, 2.75) is 68.2 Å². The van der Waals surface area contributed by atoms with E-state index in [0.717, 1.165) is 51.6 Å². The van der Waals surface area contributed by atoms with Crippen LogP contribution in [0, 0.1) is 27.7 Å². The van der Waals surface area contributed by atoms with E-state index in [2.05, 4.69) is 122 Å². The Labute approximate surface area is 436 Å². The molecule has 0 aliphatic carbocycles. The number of ether oxygens (including phenoxy) is 4. The average Bonchev–Trinajstić information content (AvgIpc) is 3.70. The highest BCUT2D eigenvalue weighted by Gasteiger charge is 2.41. The Morgan fingerprint density at radius 2 is 0.861 bits per heavy atom. The molecule has 0 amide bonds. The summed E-state index contributed by atoms with van der Waals surface area (Å²) in [7, 11) is 0. The molecule has 1 aliphatic rings. The molecule has 0 fully saturated rings. The van der Waals surface area contributed by atoms with Gasteiger partial charge in [-0.3, -0.25) is 30.4 Å². The molecule has 4 aromatic heterocycles. The molecule has 1 aliphatic heterocycles. The van der Waals surface area contributed by atoms with Gasteiger partial charge in [-0.2, -0.15) is 9.97 Å². The fourth-order valence-electron chi connectivity index (χ4n) is 8.48. The first-order valence-electron chi connectivity index (χ1n) is 23.7. The lowest BCUT2D eigenvalue weighted by Gasteiger charge is -2.32. The zero-order valence-corrected chi connectivity index (χ0v) is 43.6. The molecule has 0 saturated heterocycles. The van der Waals surface area contributed by atoms with Crippen molar-refractivity contribution < 1.29 is 54.4 Å². The van der Waals surface area contributed by atoms with Crippen LogP contribution in [0.3, 0.4) is 0 Å². The summed E-state index contributed by atoms with van der Waals surface area (Å²) in [6, 6.07) is 37.4. The number of fused-ring (bicyclic) bond motifs is 1. The fourth-order valence-corrected chi connectivity index (χ4v) is 8.48. The van der Waals surface area contributed by atoms with Gasteiger partial charge in [0.1, 0.15) is 11.4 Å². The summed E-state index contributed by atoms with van der Waals surface area (Å²) in [6.45, 7) is 18.2. The molecule has 5 heterocycles. The molecular weight excluding hydrogens is 948 g/mol. The van der Waals surface area contributed by atoms with Gasteiger partial charge in [-0.05, 0) is 161 Å². The summed E-state index contributed by atoms with van der Waals surface area (Å²) >= 11 is 0. The van der Waals surface area contributed by atoms with E-state index in [9.17, 15) is 0 Å². The molecule has 14 nitrogen and oxygen atoms in total. The molecule has 376 valence electrons. The second-order valence-corrected chi connectivity index (χ2v) is 16.2. The van der Waals surface area contributed by atoms with E-state index in [4.69, 9.17) is 23.9 Å². The summed E-state index contributed by atoms with van der Waals surface area (Å²) in [5, 5.41) is 4.15. The van der Waals surface area contributed by atoms with Crippen molar-refractivity contribution in [1.29, 1.82) is 0 Å². The number of halogens is 2. The molecule has 0 bridgehead atoms. The quantitative estimate of drug-likeness (QED) is 0.105. The van der Waals surface area contributed by atoms with Gasteiger partial charge >= 0.3 is 11.6 Å². The van der Waals surface area contributed by atoms with Gasteiger partial charge < -0.3 is 43.8 Å². The van der Waals surface area contributed by atoms with Gasteiger partial charge in [0.25, 0.3) is 6.48 Å². The van der Waals surface area contributed by atoms with Crippen LogP contribution in [0.5, 0.6) is 0 Å². The predicted molar refractivity (Wildman–Crippen MR) is 276 cm³/mol. The Morgan fingerprint density at radius 3 is 1.31 bits per heavy atom. The highest BCUT2D eigenvalue weighted by Crippen LogP contribution is 2.46. The van der Waals surface area contributed by atoms with E-state index in [1.54, 1.807) is 24.8 Å². The van der Waals surface area contributed by atoms with E-state index in [-0.39, 0.29) is 31.2 Å². The Morgan fingerprint density at radius 1 is 0.458 bits per heavy atom. The van der Waals surface area contributed by atoms with Crippen molar-refractivity contribution in [2.24, 2.45) is 0 Å². The lowest BCUT2D eigenvalue weighted by molar-refractivity contribution is -0.522. The molecule has 72 heavy (non-hydrogen) atoms. The van der Waals surface area contributed by atoms with Gasteiger partial charge in [0.2, 0.25) is 6.35 Å². The minimum absolute atomic E-state index is 0.